The first-order chi connectivity index (χ1) is 31.8. The third-order valence-corrected chi connectivity index (χ3v) is 18.8. The average molecular weight is 917 g/mol. The van der Waals surface area contributed by atoms with Crippen molar-refractivity contribution >= 4 is 68.4 Å². The van der Waals surface area contributed by atoms with Crippen molar-refractivity contribution in [2.24, 2.45) is 0 Å². The maximum atomic E-state index is 7.72. The van der Waals surface area contributed by atoms with Crippen LogP contribution in [0, 0.1) is 6.92 Å². The van der Waals surface area contributed by atoms with Gasteiger partial charge >= 0.3 is 0 Å². The van der Waals surface area contributed by atoms with Gasteiger partial charge in [-0.3, -0.25) is 0 Å². The molecule has 3 nitrogen and oxygen atoms in total. The van der Waals surface area contributed by atoms with Gasteiger partial charge in [0.2, 0.25) is 0 Å². The monoisotopic (exact) mass is 917 g/mol. The molecule has 6 aromatic rings. The van der Waals surface area contributed by atoms with Gasteiger partial charge in [0.25, 0.3) is 6.71 Å². The molecular formula is C65H81BN2O. The van der Waals surface area contributed by atoms with E-state index < -0.39 is 0 Å². The first kappa shape index (κ1) is 46.7. The van der Waals surface area contributed by atoms with Crippen LogP contribution in [-0.2, 0) is 43.3 Å². The lowest BCUT2D eigenvalue weighted by molar-refractivity contribution is 0.331. The maximum absolute atomic E-state index is 7.72. The number of anilines is 6. The second kappa shape index (κ2) is 14.3. The lowest BCUT2D eigenvalue weighted by Gasteiger charge is -2.50. The number of benzene rings is 5. The minimum absolute atomic E-state index is 0.0317. The topological polar surface area (TPSA) is 19.6 Å². The third kappa shape index (κ3) is 6.78. The zero-order valence-electron chi connectivity index (χ0n) is 46.1. The molecule has 3 aliphatic carbocycles. The molecule has 0 radical (unpaired) electrons. The molecule has 3 heterocycles. The molecule has 1 aromatic heterocycles. The van der Waals surface area contributed by atoms with Crippen LogP contribution in [0.2, 0.25) is 0 Å². The Labute approximate surface area is 416 Å². The van der Waals surface area contributed by atoms with Crippen LogP contribution in [0.3, 0.4) is 0 Å². The Balaban J connectivity index is 1.32. The molecule has 0 unspecified atom stereocenters. The zero-order valence-corrected chi connectivity index (χ0v) is 46.1. The molecule has 0 saturated carbocycles. The van der Waals surface area contributed by atoms with Gasteiger partial charge < -0.3 is 14.2 Å². The average Bonchev–Trinajstić information content (AvgIpc) is 3.62. The van der Waals surface area contributed by atoms with Crippen LogP contribution in [0.1, 0.15) is 213 Å². The largest absolute Gasteiger partial charge is 0.468 e. The minimum Gasteiger partial charge on any atom is -0.468 e. The number of furan rings is 1. The van der Waals surface area contributed by atoms with E-state index in [1.54, 1.807) is 0 Å². The molecule has 4 heteroatoms. The van der Waals surface area contributed by atoms with Gasteiger partial charge in [-0.1, -0.05) is 155 Å². The summed E-state index contributed by atoms with van der Waals surface area (Å²) in [7, 11) is 0. The van der Waals surface area contributed by atoms with Crippen LogP contribution in [0.15, 0.2) is 77.2 Å². The molecular weight excluding hydrogens is 836 g/mol. The quantitative estimate of drug-likeness (QED) is 0.161. The van der Waals surface area contributed by atoms with Gasteiger partial charge in [0.05, 0.1) is 11.3 Å². The number of aryl methyl sites for hydroxylation is 1. The van der Waals surface area contributed by atoms with E-state index in [2.05, 4.69) is 214 Å². The number of hydrogen-bond donors (Lipinski definition) is 0. The van der Waals surface area contributed by atoms with E-state index in [1.807, 2.05) is 0 Å². The van der Waals surface area contributed by atoms with Gasteiger partial charge in [0, 0.05) is 33.8 Å². The highest BCUT2D eigenvalue weighted by atomic mass is 16.3. The molecule has 11 rings (SSSR count). The highest BCUT2D eigenvalue weighted by Gasteiger charge is 2.52. The summed E-state index contributed by atoms with van der Waals surface area (Å²) in [6.07, 6.45) is 7.00. The molecule has 0 bridgehead atoms. The third-order valence-electron chi connectivity index (χ3n) is 18.8. The van der Waals surface area contributed by atoms with Crippen LogP contribution < -0.4 is 26.4 Å². The molecule has 69 heavy (non-hydrogen) atoms. The molecule has 0 amide bonds. The number of hydrogen-bond acceptors (Lipinski definition) is 3. The Morgan fingerprint density at radius 1 is 0.464 bits per heavy atom. The smallest absolute Gasteiger partial charge is 0.297 e. The fourth-order valence-corrected chi connectivity index (χ4v) is 13.8. The number of fused-ring (bicyclic) bond motifs is 10. The molecule has 0 spiro atoms. The van der Waals surface area contributed by atoms with Crippen LogP contribution in [0.4, 0.5) is 34.1 Å². The van der Waals surface area contributed by atoms with E-state index in [-0.39, 0.29) is 50.0 Å². The highest BCUT2D eigenvalue weighted by molar-refractivity contribution is 7.00. The van der Waals surface area contributed by atoms with Crippen molar-refractivity contribution in [3.63, 3.8) is 0 Å². The second-order valence-electron chi connectivity index (χ2n) is 28.7. The van der Waals surface area contributed by atoms with Gasteiger partial charge in [0.15, 0.2) is 0 Å². The highest BCUT2D eigenvalue weighted by Crippen LogP contribution is 2.57. The van der Waals surface area contributed by atoms with Gasteiger partial charge in [0.1, 0.15) is 5.58 Å². The second-order valence-corrected chi connectivity index (χ2v) is 28.7. The normalized spacial score (nSPS) is 20.9. The summed E-state index contributed by atoms with van der Waals surface area (Å²) in [6.45, 7) is 46.2. The summed E-state index contributed by atoms with van der Waals surface area (Å²) in [5, 5.41) is 1.22. The molecule has 360 valence electrons. The summed E-state index contributed by atoms with van der Waals surface area (Å²) in [5.74, 6) is 0. The zero-order chi connectivity index (χ0) is 49.7. The Kier molecular flexibility index (Phi) is 9.64. The Morgan fingerprint density at radius 3 is 1.49 bits per heavy atom. The van der Waals surface area contributed by atoms with E-state index in [0.717, 1.165) is 30.5 Å². The van der Waals surface area contributed by atoms with Gasteiger partial charge in [-0.2, -0.15) is 0 Å². The number of rotatable bonds is 2. The fourth-order valence-electron chi connectivity index (χ4n) is 13.8. The van der Waals surface area contributed by atoms with Gasteiger partial charge in [-0.25, -0.2) is 0 Å². The summed E-state index contributed by atoms with van der Waals surface area (Å²) in [6, 6.07) is 30.0. The molecule has 0 fully saturated rings. The van der Waals surface area contributed by atoms with Crippen molar-refractivity contribution in [3.8, 4) is 0 Å². The van der Waals surface area contributed by atoms with E-state index in [1.165, 1.54) is 120 Å². The predicted octanol–water partition coefficient (Wildman–Crippen LogP) is 16.5. The molecule has 5 aliphatic rings. The Morgan fingerprint density at radius 2 is 0.942 bits per heavy atom. The van der Waals surface area contributed by atoms with Gasteiger partial charge in [-0.05, 0) is 192 Å². The van der Waals surface area contributed by atoms with E-state index in [0.29, 0.717) is 0 Å². The van der Waals surface area contributed by atoms with E-state index in [4.69, 9.17) is 4.42 Å². The van der Waals surface area contributed by atoms with E-state index in [9.17, 15) is 0 Å². The lowest BCUT2D eigenvalue weighted by atomic mass is 9.34. The van der Waals surface area contributed by atoms with Crippen LogP contribution >= 0.6 is 0 Å². The van der Waals surface area contributed by atoms with Crippen molar-refractivity contribution in [1.82, 2.24) is 0 Å². The summed E-state index contributed by atoms with van der Waals surface area (Å²) >= 11 is 0. The van der Waals surface area contributed by atoms with Gasteiger partial charge in [-0.15, -0.1) is 0 Å². The maximum Gasteiger partial charge on any atom is 0.297 e. The minimum atomic E-state index is -0.129. The summed E-state index contributed by atoms with van der Waals surface area (Å²) in [4.78, 5) is 5.43. The Hall–Kier alpha value is -4.70. The molecule has 0 saturated heterocycles. The van der Waals surface area contributed by atoms with Crippen molar-refractivity contribution in [3.05, 3.63) is 123 Å². The predicted molar refractivity (Wildman–Crippen MR) is 298 cm³/mol. The number of nitrogens with zero attached hydrogens (tertiary/aromatic N) is 2. The fraction of sp³-hybridized carbons (Fsp3) is 0.508. The lowest BCUT2D eigenvalue weighted by Crippen LogP contribution is -2.62. The van der Waals surface area contributed by atoms with Crippen molar-refractivity contribution < 1.29 is 4.42 Å². The first-order valence-electron chi connectivity index (χ1n) is 26.7. The van der Waals surface area contributed by atoms with Crippen molar-refractivity contribution in [2.45, 2.75) is 213 Å². The van der Waals surface area contributed by atoms with Crippen LogP contribution in [-0.4, -0.2) is 6.71 Å². The van der Waals surface area contributed by atoms with Crippen LogP contribution in [0.5, 0.6) is 0 Å². The molecule has 0 N–H and O–H groups in total. The van der Waals surface area contributed by atoms with E-state index >= 15 is 0 Å². The van der Waals surface area contributed by atoms with Crippen LogP contribution in [0.25, 0.3) is 11.0 Å². The SMILES string of the molecule is Cc1cc2c(cc1N1c3cc(C(C)(C)C)cc4c3B(c3ccc5c(c31)C(C)(C)CCC5(C)C)c1oc3cc5c(cc3c1N4c1ccc(C(C)(C)C)cc1)C(C)(C)CCC5(C)C)C(C)(C)CCC2(C)C. The summed E-state index contributed by atoms with van der Waals surface area (Å²) in [5.41, 5.74) is 25.5. The van der Waals surface area contributed by atoms with Crippen molar-refractivity contribution in [2.75, 3.05) is 9.80 Å². The molecule has 0 atom stereocenters. The first-order valence-corrected chi connectivity index (χ1v) is 26.7. The summed E-state index contributed by atoms with van der Waals surface area (Å²) < 4.78 is 7.72. The standard InChI is InChI=1S/C65H81BN2O/c1-38-32-44-46(63(14,15)28-26-61(44,10)11)36-49(38)68-51-34-40(59(5,6)7)33-50-54(51)66(48-25-24-43-53(56(48)68)65(18,19)31-30-60(43,8)9)57-55(67(50)41-22-20-39(21-23-41)58(2,3)4)42-35-45-47(37-52(42)69-57)64(16,17)29-27-62(45,12)13/h20-25,32-37H,26-31H2,1-19H3. The van der Waals surface area contributed by atoms with Crippen molar-refractivity contribution in [1.29, 1.82) is 0 Å². The Bertz CT molecular complexity index is 3150. The molecule has 5 aromatic carbocycles. The molecule has 2 aliphatic heterocycles.